The Morgan fingerprint density at radius 2 is 1.83 bits per heavy atom. The summed E-state index contributed by atoms with van der Waals surface area (Å²) in [5, 5.41) is 1.17. The Hall–Kier alpha value is -3.27. The number of thioether (sulfide) groups is 1. The second-order valence-electron chi connectivity index (χ2n) is 8.36. The highest BCUT2D eigenvalue weighted by atomic mass is 35.5. The Morgan fingerprint density at radius 1 is 1.08 bits per heavy atom. The van der Waals surface area contributed by atoms with Crippen LogP contribution in [0, 0.1) is 0 Å². The Bertz CT molecular complexity index is 1330. The van der Waals surface area contributed by atoms with Crippen LogP contribution in [0.5, 0.6) is 5.75 Å². The number of imide groups is 1. The van der Waals surface area contributed by atoms with Gasteiger partial charge in [-0.1, -0.05) is 29.8 Å². The number of fused-ring (bicyclic) bond motifs is 1. The molecule has 5 rings (SSSR count). The zero-order valence-electron chi connectivity index (χ0n) is 19.4. The van der Waals surface area contributed by atoms with Crippen LogP contribution in [0.4, 0.5) is 4.79 Å². The Balaban J connectivity index is 1.31. The minimum Gasteiger partial charge on any atom is -0.492 e. The van der Waals surface area contributed by atoms with E-state index in [0.29, 0.717) is 49.4 Å². The molecule has 2 saturated heterocycles. The number of ether oxygens (including phenoxy) is 2. The van der Waals surface area contributed by atoms with Crippen LogP contribution in [0.15, 0.2) is 59.6 Å². The monoisotopic (exact) mass is 525 g/mol. The molecular formula is C26H24ClN3O5S. The highest BCUT2D eigenvalue weighted by molar-refractivity contribution is 8.18. The molecule has 0 aliphatic carbocycles. The predicted octanol–water partition coefficient (Wildman–Crippen LogP) is 4.27. The first-order valence-electron chi connectivity index (χ1n) is 11.6. The SMILES string of the molecule is O=C(CN1C(=O)S/C(=C\c2cn(CCOc3ccc(Cl)cc3)c3ccccc23)C1=O)N1CCOCC1. The van der Waals surface area contributed by atoms with Crippen LogP contribution >= 0.6 is 23.4 Å². The Kier molecular flexibility index (Phi) is 7.31. The van der Waals surface area contributed by atoms with E-state index in [0.717, 1.165) is 38.9 Å². The maximum atomic E-state index is 13.0. The number of benzene rings is 2. The lowest BCUT2D eigenvalue weighted by molar-refractivity contribution is -0.139. The van der Waals surface area contributed by atoms with Crippen LogP contribution in [-0.2, 0) is 20.9 Å². The van der Waals surface area contributed by atoms with Crippen LogP contribution in [0.3, 0.4) is 0 Å². The number of aromatic nitrogens is 1. The second kappa shape index (κ2) is 10.8. The smallest absolute Gasteiger partial charge is 0.294 e. The summed E-state index contributed by atoms with van der Waals surface area (Å²) >= 11 is 6.79. The van der Waals surface area contributed by atoms with Crippen molar-refractivity contribution in [2.75, 3.05) is 39.5 Å². The van der Waals surface area contributed by atoms with Gasteiger partial charge in [0.1, 0.15) is 18.9 Å². The molecule has 2 aromatic carbocycles. The van der Waals surface area contributed by atoms with Crippen molar-refractivity contribution in [3.63, 3.8) is 0 Å². The van der Waals surface area contributed by atoms with Gasteiger partial charge >= 0.3 is 0 Å². The van der Waals surface area contributed by atoms with Crippen LogP contribution in [0.25, 0.3) is 17.0 Å². The van der Waals surface area contributed by atoms with Crippen molar-refractivity contribution in [1.29, 1.82) is 0 Å². The first-order chi connectivity index (χ1) is 17.5. The lowest BCUT2D eigenvalue weighted by Crippen LogP contribution is -2.46. The van der Waals surface area contributed by atoms with Crippen molar-refractivity contribution in [1.82, 2.24) is 14.4 Å². The van der Waals surface area contributed by atoms with E-state index in [1.165, 1.54) is 0 Å². The standard InChI is InChI=1S/C26H24ClN3O5S/c27-19-5-7-20(8-6-19)35-14-11-29-16-18(21-3-1-2-4-22(21)29)15-23-25(32)30(26(33)36-23)17-24(31)28-9-12-34-13-10-28/h1-8,15-16H,9-14,17H2/b23-15-. The third-order valence-corrected chi connectivity index (χ3v) is 7.21. The molecule has 3 aromatic rings. The number of hydrogen-bond acceptors (Lipinski definition) is 6. The quantitative estimate of drug-likeness (QED) is 0.429. The fourth-order valence-corrected chi connectivity index (χ4v) is 5.15. The lowest BCUT2D eigenvalue weighted by atomic mass is 10.1. The van der Waals surface area contributed by atoms with Gasteiger partial charge in [0.25, 0.3) is 11.1 Å². The number of amides is 3. The Labute approximate surface area is 217 Å². The third kappa shape index (κ3) is 5.28. The molecule has 0 bridgehead atoms. The molecule has 36 heavy (non-hydrogen) atoms. The molecule has 2 fully saturated rings. The normalized spacial score (nSPS) is 17.4. The lowest BCUT2D eigenvalue weighted by Gasteiger charge is -2.28. The van der Waals surface area contributed by atoms with E-state index in [2.05, 4.69) is 4.57 Å². The Morgan fingerprint density at radius 3 is 2.61 bits per heavy atom. The molecule has 186 valence electrons. The summed E-state index contributed by atoms with van der Waals surface area (Å²) in [6, 6.07) is 15.1. The summed E-state index contributed by atoms with van der Waals surface area (Å²) in [5.41, 5.74) is 1.81. The number of nitrogens with zero attached hydrogens (tertiary/aromatic N) is 3. The maximum Gasteiger partial charge on any atom is 0.294 e. The van der Waals surface area contributed by atoms with Gasteiger partial charge in [0.05, 0.1) is 24.7 Å². The number of morpholine rings is 1. The van der Waals surface area contributed by atoms with Crippen LogP contribution in [0.2, 0.25) is 5.02 Å². The van der Waals surface area contributed by atoms with Gasteiger partial charge in [-0.25, -0.2) is 0 Å². The topological polar surface area (TPSA) is 81.1 Å². The summed E-state index contributed by atoms with van der Waals surface area (Å²) in [6.45, 7) is 2.63. The molecule has 0 radical (unpaired) electrons. The molecule has 0 spiro atoms. The molecule has 0 N–H and O–H groups in total. The van der Waals surface area contributed by atoms with Gasteiger partial charge in [0.15, 0.2) is 0 Å². The van der Waals surface area contributed by atoms with Crippen LogP contribution < -0.4 is 4.74 Å². The predicted molar refractivity (Wildman–Crippen MR) is 139 cm³/mol. The summed E-state index contributed by atoms with van der Waals surface area (Å²) in [6.07, 6.45) is 3.67. The van der Waals surface area contributed by atoms with Gasteiger partial charge in [-0.3, -0.25) is 19.3 Å². The fourth-order valence-electron chi connectivity index (χ4n) is 4.19. The second-order valence-corrected chi connectivity index (χ2v) is 9.79. The number of halogens is 1. The first-order valence-corrected chi connectivity index (χ1v) is 12.8. The first kappa shape index (κ1) is 24.4. The molecule has 0 unspecified atom stereocenters. The zero-order chi connectivity index (χ0) is 25.1. The van der Waals surface area contributed by atoms with E-state index in [1.54, 1.807) is 23.1 Å². The number of para-hydroxylation sites is 1. The van der Waals surface area contributed by atoms with Gasteiger partial charge in [0, 0.05) is 40.8 Å². The molecule has 8 nitrogen and oxygen atoms in total. The average Bonchev–Trinajstić information content (AvgIpc) is 3.37. The number of carbonyl (C=O) groups excluding carboxylic acids is 3. The minimum absolute atomic E-state index is 0.251. The van der Waals surface area contributed by atoms with E-state index in [1.807, 2.05) is 42.6 Å². The largest absolute Gasteiger partial charge is 0.492 e. The molecular weight excluding hydrogens is 502 g/mol. The summed E-state index contributed by atoms with van der Waals surface area (Å²) < 4.78 is 13.2. The highest BCUT2D eigenvalue weighted by Gasteiger charge is 2.37. The number of hydrogen-bond donors (Lipinski definition) is 0. The maximum absolute atomic E-state index is 13.0. The molecule has 0 atom stereocenters. The molecule has 2 aliphatic heterocycles. The van der Waals surface area contributed by atoms with Crippen molar-refractivity contribution >= 4 is 57.4 Å². The van der Waals surface area contributed by atoms with Gasteiger partial charge in [-0.05, 0) is 48.2 Å². The minimum atomic E-state index is -0.450. The molecule has 1 aromatic heterocycles. The van der Waals surface area contributed by atoms with Crippen molar-refractivity contribution in [2.45, 2.75) is 6.54 Å². The average molecular weight is 526 g/mol. The fraction of sp³-hybridized carbons (Fsp3) is 0.269. The van der Waals surface area contributed by atoms with E-state index >= 15 is 0 Å². The van der Waals surface area contributed by atoms with E-state index in [-0.39, 0.29) is 12.5 Å². The van der Waals surface area contributed by atoms with Crippen molar-refractivity contribution in [2.24, 2.45) is 0 Å². The molecule has 3 amide bonds. The summed E-state index contributed by atoms with van der Waals surface area (Å²) in [7, 11) is 0. The highest BCUT2D eigenvalue weighted by Crippen LogP contribution is 2.34. The van der Waals surface area contributed by atoms with Gasteiger partial charge < -0.3 is 18.9 Å². The van der Waals surface area contributed by atoms with Crippen molar-refractivity contribution in [3.8, 4) is 5.75 Å². The van der Waals surface area contributed by atoms with E-state index in [4.69, 9.17) is 21.1 Å². The van der Waals surface area contributed by atoms with E-state index in [9.17, 15) is 14.4 Å². The number of rotatable bonds is 7. The summed E-state index contributed by atoms with van der Waals surface area (Å²) in [4.78, 5) is 41.1. The molecule has 3 heterocycles. The van der Waals surface area contributed by atoms with Crippen LogP contribution in [0.1, 0.15) is 5.56 Å². The zero-order valence-corrected chi connectivity index (χ0v) is 21.0. The van der Waals surface area contributed by atoms with Crippen LogP contribution in [-0.4, -0.2) is 70.9 Å². The van der Waals surface area contributed by atoms with Crippen molar-refractivity contribution < 1.29 is 23.9 Å². The van der Waals surface area contributed by atoms with Gasteiger partial charge in [0.2, 0.25) is 5.91 Å². The van der Waals surface area contributed by atoms with Crippen molar-refractivity contribution in [3.05, 3.63) is 70.2 Å². The van der Waals surface area contributed by atoms with E-state index < -0.39 is 11.1 Å². The molecule has 2 aliphatic rings. The summed E-state index contributed by atoms with van der Waals surface area (Å²) in [5.74, 6) is 0.0324. The third-order valence-electron chi connectivity index (χ3n) is 6.05. The number of carbonyl (C=O) groups is 3. The molecule has 10 heteroatoms. The molecule has 0 saturated carbocycles. The van der Waals surface area contributed by atoms with Gasteiger partial charge in [-0.15, -0.1) is 0 Å². The van der Waals surface area contributed by atoms with Gasteiger partial charge in [-0.2, -0.15) is 0 Å².